The summed E-state index contributed by atoms with van der Waals surface area (Å²) in [4.78, 5) is 28.8. The van der Waals surface area contributed by atoms with Crippen molar-refractivity contribution in [2.45, 2.75) is 25.6 Å². The van der Waals surface area contributed by atoms with Crippen molar-refractivity contribution in [3.05, 3.63) is 80.7 Å². The van der Waals surface area contributed by atoms with Gasteiger partial charge in [0.15, 0.2) is 5.54 Å². The Morgan fingerprint density at radius 1 is 0.963 bits per heavy atom. The lowest BCUT2D eigenvalue weighted by molar-refractivity contribution is -0.144. The zero-order chi connectivity index (χ0) is 19.3. The molecule has 1 atom stereocenters. The molecule has 2 N–H and O–H groups in total. The van der Waals surface area contributed by atoms with Gasteiger partial charge in [-0.05, 0) is 35.4 Å². The first kappa shape index (κ1) is 19.1. The molecule has 27 heavy (non-hydrogen) atoms. The molecule has 0 unspecified atom stereocenters. The second kappa shape index (κ2) is 8.37. The van der Waals surface area contributed by atoms with Gasteiger partial charge in [-0.15, -0.1) is 22.7 Å². The quantitative estimate of drug-likeness (QED) is 0.613. The van der Waals surface area contributed by atoms with Crippen molar-refractivity contribution in [3.63, 3.8) is 0 Å². The molecule has 2 amide bonds. The molecule has 5 nitrogen and oxygen atoms in total. The first-order chi connectivity index (χ1) is 13.0. The summed E-state index contributed by atoms with van der Waals surface area (Å²) in [5.74, 6) is -1.10. The van der Waals surface area contributed by atoms with Crippen LogP contribution < -0.4 is 5.32 Å². The van der Waals surface area contributed by atoms with Crippen LogP contribution in [0.15, 0.2) is 65.4 Å². The summed E-state index contributed by atoms with van der Waals surface area (Å²) >= 11 is 3.13. The van der Waals surface area contributed by atoms with Gasteiger partial charge in [0.25, 0.3) is 0 Å². The van der Waals surface area contributed by atoms with E-state index in [1.807, 2.05) is 41.1 Å². The van der Waals surface area contributed by atoms with E-state index in [9.17, 15) is 14.7 Å². The van der Waals surface area contributed by atoms with Gasteiger partial charge in [-0.25, -0.2) is 9.59 Å². The molecule has 0 saturated carbocycles. The summed E-state index contributed by atoms with van der Waals surface area (Å²) in [5, 5.41) is 16.5. The van der Waals surface area contributed by atoms with Crippen LogP contribution in [0.1, 0.15) is 22.2 Å². The summed E-state index contributed by atoms with van der Waals surface area (Å²) in [6.45, 7) is 2.36. The predicted octanol–water partition coefficient (Wildman–Crippen LogP) is 4.52. The highest BCUT2D eigenvalue weighted by atomic mass is 32.1. The molecular formula is C20H20N2O3S2. The van der Waals surface area contributed by atoms with Gasteiger partial charge in [0, 0.05) is 9.75 Å². The Hall–Kier alpha value is -2.64. The van der Waals surface area contributed by atoms with Crippen molar-refractivity contribution in [3.8, 4) is 0 Å². The Morgan fingerprint density at radius 2 is 1.52 bits per heavy atom. The number of amides is 2. The molecule has 2 heterocycles. The van der Waals surface area contributed by atoms with Crippen LogP contribution in [-0.2, 0) is 23.4 Å². The van der Waals surface area contributed by atoms with Crippen molar-refractivity contribution in [1.82, 2.24) is 10.2 Å². The number of aliphatic carboxylic acids is 1. The van der Waals surface area contributed by atoms with E-state index < -0.39 is 17.5 Å². The number of carbonyl (C=O) groups is 2. The van der Waals surface area contributed by atoms with E-state index in [1.54, 1.807) is 51.8 Å². The minimum Gasteiger partial charge on any atom is -0.479 e. The highest BCUT2D eigenvalue weighted by Crippen LogP contribution is 2.23. The maximum absolute atomic E-state index is 13.0. The first-order valence-electron chi connectivity index (χ1n) is 8.40. The van der Waals surface area contributed by atoms with Crippen LogP contribution in [0.4, 0.5) is 4.79 Å². The van der Waals surface area contributed by atoms with Crippen molar-refractivity contribution < 1.29 is 14.7 Å². The fourth-order valence-electron chi connectivity index (χ4n) is 2.69. The fourth-order valence-corrected chi connectivity index (χ4v) is 4.13. The monoisotopic (exact) mass is 400 g/mol. The van der Waals surface area contributed by atoms with Crippen molar-refractivity contribution in [1.29, 1.82) is 0 Å². The molecule has 3 aromatic rings. The maximum Gasteiger partial charge on any atom is 0.333 e. The van der Waals surface area contributed by atoms with Crippen LogP contribution in [0, 0.1) is 0 Å². The number of hydrogen-bond donors (Lipinski definition) is 2. The minimum atomic E-state index is -1.51. The van der Waals surface area contributed by atoms with Crippen LogP contribution in [0.5, 0.6) is 0 Å². The molecule has 0 aliphatic rings. The highest BCUT2D eigenvalue weighted by molar-refractivity contribution is 7.10. The summed E-state index contributed by atoms with van der Waals surface area (Å²) < 4.78 is 0. The molecule has 0 saturated heterocycles. The average molecular weight is 401 g/mol. The normalized spacial score (nSPS) is 12.9. The molecule has 2 aromatic heterocycles. The molecule has 0 bridgehead atoms. The van der Waals surface area contributed by atoms with Gasteiger partial charge >= 0.3 is 12.0 Å². The number of thiophene rings is 2. The van der Waals surface area contributed by atoms with Crippen LogP contribution >= 0.6 is 22.7 Å². The van der Waals surface area contributed by atoms with E-state index in [-0.39, 0.29) is 0 Å². The second-order valence-corrected chi connectivity index (χ2v) is 8.31. The Kier molecular flexibility index (Phi) is 5.93. The van der Waals surface area contributed by atoms with E-state index in [2.05, 4.69) is 5.32 Å². The SMILES string of the molecule is C[C@](NC(=O)N(Cc1cccs1)Cc1cccs1)(C(=O)O)c1ccccc1. The number of carboxylic acids is 1. The smallest absolute Gasteiger partial charge is 0.333 e. The van der Waals surface area contributed by atoms with Crippen LogP contribution in [0.25, 0.3) is 0 Å². The topological polar surface area (TPSA) is 69.6 Å². The molecule has 140 valence electrons. The molecule has 0 aliphatic heterocycles. The Morgan fingerprint density at radius 3 is 1.96 bits per heavy atom. The summed E-state index contributed by atoms with van der Waals surface area (Å²) in [5.41, 5.74) is -0.986. The standard InChI is InChI=1S/C20H20N2O3S2/c1-20(18(23)24,15-7-3-2-4-8-15)21-19(25)22(13-16-9-5-11-26-16)14-17-10-6-12-27-17/h2-12H,13-14H2,1H3,(H,21,25)(H,23,24)/t20-/m1/s1. The van der Waals surface area contributed by atoms with E-state index >= 15 is 0 Å². The zero-order valence-corrected chi connectivity index (χ0v) is 16.4. The lowest BCUT2D eigenvalue weighted by atomic mass is 9.92. The van der Waals surface area contributed by atoms with Gasteiger partial charge in [-0.1, -0.05) is 42.5 Å². The molecule has 7 heteroatoms. The maximum atomic E-state index is 13.0. The third kappa shape index (κ3) is 4.56. The molecule has 1 aromatic carbocycles. The Balaban J connectivity index is 1.84. The number of nitrogens with one attached hydrogen (secondary N) is 1. The first-order valence-corrected chi connectivity index (χ1v) is 10.2. The average Bonchev–Trinajstić information content (AvgIpc) is 3.35. The lowest BCUT2D eigenvalue weighted by Gasteiger charge is -2.31. The Bertz CT molecular complexity index is 843. The number of benzene rings is 1. The van der Waals surface area contributed by atoms with Crippen molar-refractivity contribution in [2.75, 3.05) is 0 Å². The largest absolute Gasteiger partial charge is 0.479 e. The molecule has 0 aliphatic carbocycles. The van der Waals surface area contributed by atoms with E-state index in [0.29, 0.717) is 18.7 Å². The van der Waals surface area contributed by atoms with Crippen LogP contribution in [0.2, 0.25) is 0 Å². The van der Waals surface area contributed by atoms with Crippen LogP contribution in [0.3, 0.4) is 0 Å². The molecule has 0 spiro atoms. The summed E-state index contributed by atoms with van der Waals surface area (Å²) in [7, 11) is 0. The van der Waals surface area contributed by atoms with Gasteiger partial charge in [0.2, 0.25) is 0 Å². The van der Waals surface area contributed by atoms with Gasteiger partial charge in [-0.2, -0.15) is 0 Å². The zero-order valence-electron chi connectivity index (χ0n) is 14.8. The van der Waals surface area contributed by atoms with Gasteiger partial charge < -0.3 is 15.3 Å². The number of carbonyl (C=O) groups excluding carboxylic acids is 1. The Labute approximate surface area is 165 Å². The summed E-state index contributed by atoms with van der Waals surface area (Å²) in [6.07, 6.45) is 0. The minimum absolute atomic E-state index is 0.412. The van der Waals surface area contributed by atoms with Crippen LogP contribution in [-0.4, -0.2) is 22.0 Å². The molecule has 3 rings (SSSR count). The van der Waals surface area contributed by atoms with E-state index in [4.69, 9.17) is 0 Å². The summed E-state index contributed by atoms with van der Waals surface area (Å²) in [6, 6.07) is 16.1. The van der Waals surface area contributed by atoms with Gasteiger partial charge in [0.05, 0.1) is 13.1 Å². The number of rotatable bonds is 7. The highest BCUT2D eigenvalue weighted by Gasteiger charge is 2.38. The molecule has 0 radical (unpaired) electrons. The number of urea groups is 1. The second-order valence-electron chi connectivity index (χ2n) is 6.24. The third-order valence-electron chi connectivity index (χ3n) is 4.28. The van der Waals surface area contributed by atoms with Gasteiger partial charge in [-0.3, -0.25) is 0 Å². The number of carboxylic acid groups (broad SMARTS) is 1. The number of hydrogen-bond acceptors (Lipinski definition) is 4. The molecule has 0 fully saturated rings. The van der Waals surface area contributed by atoms with Crippen molar-refractivity contribution in [2.24, 2.45) is 0 Å². The van der Waals surface area contributed by atoms with E-state index in [0.717, 1.165) is 9.75 Å². The lowest BCUT2D eigenvalue weighted by Crippen LogP contribution is -2.53. The van der Waals surface area contributed by atoms with Crippen molar-refractivity contribution >= 4 is 34.7 Å². The number of nitrogens with zero attached hydrogens (tertiary/aromatic N) is 1. The molecular weight excluding hydrogens is 380 g/mol. The fraction of sp³-hybridized carbons (Fsp3) is 0.200. The van der Waals surface area contributed by atoms with E-state index in [1.165, 1.54) is 6.92 Å². The third-order valence-corrected chi connectivity index (χ3v) is 6.00. The van der Waals surface area contributed by atoms with Gasteiger partial charge in [0.1, 0.15) is 0 Å². The predicted molar refractivity (Wildman–Crippen MR) is 108 cm³/mol.